The van der Waals surface area contributed by atoms with Crippen molar-refractivity contribution in [3.8, 4) is 0 Å². The molecular weight excluding hydrogens is 222 g/mol. The Labute approximate surface area is 98.5 Å². The van der Waals surface area contributed by atoms with Gasteiger partial charge in [0, 0.05) is 17.1 Å². The number of benzene rings is 1. The van der Waals surface area contributed by atoms with E-state index in [9.17, 15) is 13.6 Å². The number of hydrogen-bond donors (Lipinski definition) is 0. The van der Waals surface area contributed by atoms with E-state index in [1.807, 2.05) is 0 Å². The molecule has 2 rings (SSSR count). The highest BCUT2D eigenvalue weighted by Crippen LogP contribution is 2.32. The van der Waals surface area contributed by atoms with Gasteiger partial charge in [0.1, 0.15) is 0 Å². The maximum Gasteiger partial charge on any atom is 0.272 e. The Bertz CT molecular complexity index is 486. The van der Waals surface area contributed by atoms with Crippen molar-refractivity contribution in [2.24, 2.45) is 5.92 Å². The minimum Gasteiger partial charge on any atom is -0.289 e. The fourth-order valence-electron chi connectivity index (χ4n) is 1.70. The third kappa shape index (κ3) is 2.33. The van der Waals surface area contributed by atoms with Gasteiger partial charge in [0.15, 0.2) is 5.78 Å². The third-order valence-corrected chi connectivity index (χ3v) is 2.82. The summed E-state index contributed by atoms with van der Waals surface area (Å²) in [4.78, 5) is 12.0. The Morgan fingerprint density at radius 2 is 1.88 bits per heavy atom. The second kappa shape index (κ2) is 4.24. The van der Waals surface area contributed by atoms with E-state index < -0.39 is 11.8 Å². The lowest BCUT2D eigenvalue weighted by Gasteiger charge is -2.21. The minimum absolute atomic E-state index is 0.218. The highest BCUT2D eigenvalue weighted by atomic mass is 19.3. The lowest BCUT2D eigenvalue weighted by atomic mass is 9.90. The minimum atomic E-state index is -2.86. The van der Waals surface area contributed by atoms with E-state index in [1.54, 1.807) is 30.3 Å². The molecule has 3 heteroatoms. The van der Waals surface area contributed by atoms with Crippen LogP contribution < -0.4 is 0 Å². The number of alkyl halides is 2. The smallest absolute Gasteiger partial charge is 0.272 e. The van der Waals surface area contributed by atoms with Crippen molar-refractivity contribution in [3.63, 3.8) is 0 Å². The first-order valence-corrected chi connectivity index (χ1v) is 5.39. The second-order valence-electron chi connectivity index (χ2n) is 4.11. The van der Waals surface area contributed by atoms with Crippen LogP contribution in [0.4, 0.5) is 8.78 Å². The number of rotatable bonds is 2. The van der Waals surface area contributed by atoms with E-state index in [-0.39, 0.29) is 5.78 Å². The van der Waals surface area contributed by atoms with Crippen LogP contribution in [-0.2, 0) is 0 Å². The number of carbonyl (C=O) groups is 1. The molecule has 0 aliphatic heterocycles. The summed E-state index contributed by atoms with van der Waals surface area (Å²) in [7, 11) is 0. The zero-order valence-corrected chi connectivity index (χ0v) is 9.36. The van der Waals surface area contributed by atoms with Gasteiger partial charge in [0.05, 0.1) is 0 Å². The van der Waals surface area contributed by atoms with E-state index in [0.29, 0.717) is 11.1 Å². The van der Waals surface area contributed by atoms with Gasteiger partial charge in [-0.1, -0.05) is 43.3 Å². The van der Waals surface area contributed by atoms with Crippen LogP contribution in [0.5, 0.6) is 0 Å². The van der Waals surface area contributed by atoms with E-state index in [0.717, 1.165) is 6.08 Å². The number of halogens is 2. The van der Waals surface area contributed by atoms with E-state index >= 15 is 0 Å². The molecule has 0 amide bonds. The lowest BCUT2D eigenvalue weighted by Crippen LogP contribution is -2.25. The molecule has 0 bridgehead atoms. The molecule has 1 aliphatic rings. The van der Waals surface area contributed by atoms with Crippen molar-refractivity contribution >= 4 is 5.78 Å². The van der Waals surface area contributed by atoms with Gasteiger partial charge in [-0.25, -0.2) is 8.78 Å². The van der Waals surface area contributed by atoms with Crippen molar-refractivity contribution in [1.82, 2.24) is 0 Å². The Kier molecular flexibility index (Phi) is 2.92. The van der Waals surface area contributed by atoms with Crippen LogP contribution >= 0.6 is 0 Å². The molecule has 1 nitrogen and oxygen atoms in total. The first kappa shape index (κ1) is 11.7. The molecule has 1 aliphatic carbocycles. The molecule has 0 fully saturated rings. The van der Waals surface area contributed by atoms with Crippen molar-refractivity contribution in [1.29, 1.82) is 0 Å². The number of Topliss-reactive ketones (excluding diaryl/α,β-unsaturated/α-hetero) is 1. The topological polar surface area (TPSA) is 17.1 Å². The second-order valence-corrected chi connectivity index (χ2v) is 4.11. The van der Waals surface area contributed by atoms with Crippen LogP contribution in [0, 0.1) is 5.92 Å². The number of ketones is 1. The van der Waals surface area contributed by atoms with Crippen LogP contribution in [0.15, 0.2) is 54.1 Å². The molecule has 1 aromatic carbocycles. The molecule has 0 radical (unpaired) electrons. The molecule has 0 heterocycles. The zero-order valence-electron chi connectivity index (χ0n) is 9.36. The normalized spacial score (nSPS) is 22.1. The number of allylic oxidation sites excluding steroid dienone is 4. The fourth-order valence-corrected chi connectivity index (χ4v) is 1.70. The predicted molar refractivity (Wildman–Crippen MR) is 62.1 cm³/mol. The van der Waals surface area contributed by atoms with Crippen molar-refractivity contribution in [2.75, 3.05) is 0 Å². The molecule has 0 saturated carbocycles. The fraction of sp³-hybridized carbons (Fsp3) is 0.214. The Morgan fingerprint density at radius 1 is 1.24 bits per heavy atom. The van der Waals surface area contributed by atoms with Gasteiger partial charge in [-0.2, -0.15) is 0 Å². The summed E-state index contributed by atoms with van der Waals surface area (Å²) >= 11 is 0. The summed E-state index contributed by atoms with van der Waals surface area (Å²) in [6.45, 7) is 1.40. The van der Waals surface area contributed by atoms with Crippen LogP contribution in [0.3, 0.4) is 0 Å². The molecule has 88 valence electrons. The van der Waals surface area contributed by atoms with Crippen molar-refractivity contribution < 1.29 is 13.6 Å². The van der Waals surface area contributed by atoms with E-state index in [1.165, 1.54) is 19.1 Å². The van der Waals surface area contributed by atoms with Gasteiger partial charge in [-0.3, -0.25) is 4.79 Å². The SMILES string of the molecule is CC1C=C(C(=O)c2ccccc2)C=CC1(F)F. The Morgan fingerprint density at radius 3 is 2.47 bits per heavy atom. The quantitative estimate of drug-likeness (QED) is 0.714. The first-order chi connectivity index (χ1) is 8.00. The summed E-state index contributed by atoms with van der Waals surface area (Å²) in [5.74, 6) is -4.03. The standard InChI is InChI=1S/C14H12F2O/c1-10-9-12(7-8-14(10,15)16)13(17)11-5-3-2-4-6-11/h2-10H,1H3. The van der Waals surface area contributed by atoms with Crippen LogP contribution in [0.1, 0.15) is 17.3 Å². The maximum absolute atomic E-state index is 13.2. The third-order valence-electron chi connectivity index (χ3n) is 2.82. The molecule has 1 aromatic rings. The number of hydrogen-bond acceptors (Lipinski definition) is 1. The molecule has 0 aromatic heterocycles. The van der Waals surface area contributed by atoms with E-state index in [2.05, 4.69) is 0 Å². The van der Waals surface area contributed by atoms with E-state index in [4.69, 9.17) is 0 Å². The van der Waals surface area contributed by atoms with Crippen LogP contribution in [-0.4, -0.2) is 11.7 Å². The average Bonchev–Trinajstić information content (AvgIpc) is 2.33. The first-order valence-electron chi connectivity index (χ1n) is 5.39. The molecule has 0 spiro atoms. The monoisotopic (exact) mass is 234 g/mol. The van der Waals surface area contributed by atoms with Gasteiger partial charge in [-0.05, 0) is 12.2 Å². The Balaban J connectivity index is 2.27. The highest BCUT2D eigenvalue weighted by molar-refractivity contribution is 6.10. The Hall–Kier alpha value is -1.77. The molecule has 1 unspecified atom stereocenters. The van der Waals surface area contributed by atoms with Gasteiger partial charge in [0.25, 0.3) is 5.92 Å². The summed E-state index contributed by atoms with van der Waals surface area (Å²) < 4.78 is 26.4. The maximum atomic E-state index is 13.2. The van der Waals surface area contributed by atoms with Crippen LogP contribution in [0.2, 0.25) is 0 Å². The highest BCUT2D eigenvalue weighted by Gasteiger charge is 2.35. The van der Waals surface area contributed by atoms with Crippen molar-refractivity contribution in [2.45, 2.75) is 12.8 Å². The van der Waals surface area contributed by atoms with Gasteiger partial charge >= 0.3 is 0 Å². The predicted octanol–water partition coefficient (Wildman–Crippen LogP) is 3.64. The van der Waals surface area contributed by atoms with Gasteiger partial charge in [-0.15, -0.1) is 0 Å². The molecule has 1 atom stereocenters. The lowest BCUT2D eigenvalue weighted by molar-refractivity contribution is 0.0158. The summed E-state index contributed by atoms with van der Waals surface area (Å²) in [6.07, 6.45) is 3.33. The van der Waals surface area contributed by atoms with Gasteiger partial charge < -0.3 is 0 Å². The average molecular weight is 234 g/mol. The van der Waals surface area contributed by atoms with Crippen molar-refractivity contribution in [3.05, 3.63) is 59.7 Å². The zero-order chi connectivity index (χ0) is 12.5. The van der Waals surface area contributed by atoms with Crippen LogP contribution in [0.25, 0.3) is 0 Å². The molecular formula is C14H12F2O. The summed E-state index contributed by atoms with van der Waals surface area (Å²) in [5, 5.41) is 0. The summed E-state index contributed by atoms with van der Waals surface area (Å²) in [6, 6.07) is 8.65. The number of carbonyl (C=O) groups excluding carboxylic acids is 1. The molecule has 17 heavy (non-hydrogen) atoms. The summed E-state index contributed by atoms with van der Waals surface area (Å²) in [5.41, 5.74) is 0.843. The molecule has 0 N–H and O–H groups in total. The molecule has 0 saturated heterocycles. The van der Waals surface area contributed by atoms with Gasteiger partial charge in [0.2, 0.25) is 0 Å². The largest absolute Gasteiger partial charge is 0.289 e.